The quantitative estimate of drug-likeness (QED) is 0.775. The molecular formula is C19H19BNO5. The van der Waals surface area contributed by atoms with Gasteiger partial charge in [0.2, 0.25) is 0 Å². The van der Waals surface area contributed by atoms with Crippen molar-refractivity contribution in [3.05, 3.63) is 53.6 Å². The van der Waals surface area contributed by atoms with Gasteiger partial charge in [0, 0.05) is 5.56 Å². The number of cyclic esters (lactones) is 1. The predicted molar refractivity (Wildman–Crippen MR) is 97.3 cm³/mol. The van der Waals surface area contributed by atoms with Crippen LogP contribution in [0.15, 0.2) is 42.5 Å². The molecule has 0 unspecified atom stereocenters. The Labute approximate surface area is 152 Å². The fourth-order valence-electron chi connectivity index (χ4n) is 2.80. The SMILES string of the molecule is C[B]c1ccc(Oc2cccc(CC(=O)O)c2)c(CN2CCOC2=O)c1. The minimum absolute atomic E-state index is 0.0621. The van der Waals surface area contributed by atoms with Crippen molar-refractivity contribution in [3.63, 3.8) is 0 Å². The van der Waals surface area contributed by atoms with Gasteiger partial charge in [0.05, 0.1) is 19.5 Å². The van der Waals surface area contributed by atoms with Crippen LogP contribution < -0.4 is 10.2 Å². The third kappa shape index (κ3) is 4.36. The summed E-state index contributed by atoms with van der Waals surface area (Å²) in [5.74, 6) is 0.295. The molecule has 1 radical (unpaired) electrons. The number of benzene rings is 2. The molecule has 0 saturated carbocycles. The Morgan fingerprint density at radius 1 is 1.31 bits per heavy atom. The van der Waals surface area contributed by atoms with Gasteiger partial charge in [0.25, 0.3) is 0 Å². The van der Waals surface area contributed by atoms with Crippen molar-refractivity contribution in [1.82, 2.24) is 4.90 Å². The lowest BCUT2D eigenvalue weighted by atomic mass is 9.73. The van der Waals surface area contributed by atoms with Gasteiger partial charge in [0.15, 0.2) is 0 Å². The Kier molecular flexibility index (Phi) is 5.46. The van der Waals surface area contributed by atoms with E-state index in [4.69, 9.17) is 14.6 Å². The molecule has 0 bridgehead atoms. The topological polar surface area (TPSA) is 76.1 Å². The molecule has 6 nitrogen and oxygen atoms in total. The zero-order valence-corrected chi connectivity index (χ0v) is 14.5. The molecule has 2 aromatic rings. The Morgan fingerprint density at radius 3 is 2.85 bits per heavy atom. The van der Waals surface area contributed by atoms with E-state index in [0.29, 0.717) is 36.8 Å². The van der Waals surface area contributed by atoms with Crippen LogP contribution in [0.1, 0.15) is 11.1 Å². The number of rotatable bonds is 7. The maximum absolute atomic E-state index is 11.7. The van der Waals surface area contributed by atoms with Crippen LogP contribution in [-0.4, -0.2) is 42.5 Å². The molecule has 1 amide bonds. The average molecular weight is 352 g/mol. The zero-order valence-electron chi connectivity index (χ0n) is 14.5. The second-order valence-corrected chi connectivity index (χ2v) is 6.01. The van der Waals surface area contributed by atoms with Crippen molar-refractivity contribution >= 4 is 24.8 Å². The van der Waals surface area contributed by atoms with Crippen molar-refractivity contribution in [2.45, 2.75) is 19.8 Å². The lowest BCUT2D eigenvalue weighted by Crippen LogP contribution is -2.24. The number of ether oxygens (including phenoxy) is 2. The molecular weight excluding hydrogens is 333 g/mol. The van der Waals surface area contributed by atoms with Crippen LogP contribution in [0.3, 0.4) is 0 Å². The lowest BCUT2D eigenvalue weighted by molar-refractivity contribution is -0.136. The average Bonchev–Trinajstić information content (AvgIpc) is 3.01. The van der Waals surface area contributed by atoms with E-state index in [2.05, 4.69) is 0 Å². The number of nitrogens with zero attached hydrogens (tertiary/aromatic N) is 1. The van der Waals surface area contributed by atoms with Crippen molar-refractivity contribution in [2.24, 2.45) is 0 Å². The number of carboxylic acid groups (broad SMARTS) is 1. The van der Waals surface area contributed by atoms with Crippen molar-refractivity contribution in [2.75, 3.05) is 13.2 Å². The molecule has 26 heavy (non-hydrogen) atoms. The summed E-state index contributed by atoms with van der Waals surface area (Å²) >= 11 is 0. The zero-order chi connectivity index (χ0) is 18.5. The lowest BCUT2D eigenvalue weighted by Gasteiger charge is -2.17. The maximum atomic E-state index is 11.7. The van der Waals surface area contributed by atoms with Crippen LogP contribution >= 0.6 is 0 Å². The summed E-state index contributed by atoms with van der Waals surface area (Å²) in [6.45, 7) is 3.28. The third-order valence-corrected chi connectivity index (χ3v) is 4.11. The summed E-state index contributed by atoms with van der Waals surface area (Å²) in [4.78, 5) is 24.3. The number of hydrogen-bond donors (Lipinski definition) is 1. The molecule has 1 saturated heterocycles. The van der Waals surface area contributed by atoms with Gasteiger partial charge >= 0.3 is 12.1 Å². The van der Waals surface area contributed by atoms with E-state index in [-0.39, 0.29) is 12.5 Å². The van der Waals surface area contributed by atoms with E-state index in [1.807, 2.05) is 32.3 Å². The highest BCUT2D eigenvalue weighted by Gasteiger charge is 2.23. The van der Waals surface area contributed by atoms with Gasteiger partial charge in [-0.3, -0.25) is 4.79 Å². The summed E-state index contributed by atoms with van der Waals surface area (Å²) in [7, 11) is 1.98. The van der Waals surface area contributed by atoms with Gasteiger partial charge in [-0.15, -0.1) is 0 Å². The van der Waals surface area contributed by atoms with Gasteiger partial charge in [-0.25, -0.2) is 4.79 Å². The highest BCUT2D eigenvalue weighted by atomic mass is 16.6. The maximum Gasteiger partial charge on any atom is 0.410 e. The van der Waals surface area contributed by atoms with Crippen LogP contribution in [0, 0.1) is 0 Å². The standard InChI is InChI=1S/C19H19BNO5/c1-20-15-5-6-17(14(11-15)12-21-7-8-25-19(21)24)26-16-4-2-3-13(9-16)10-18(22)23/h2-6,9,11H,7-8,10,12H2,1H3,(H,22,23). The Bertz CT molecular complexity index is 823. The van der Waals surface area contributed by atoms with Gasteiger partial charge in [-0.05, 0) is 23.8 Å². The number of carbonyl (C=O) groups is 2. The molecule has 2 aromatic carbocycles. The van der Waals surface area contributed by atoms with Crippen LogP contribution in [0.4, 0.5) is 4.79 Å². The number of aliphatic carboxylic acids is 1. The van der Waals surface area contributed by atoms with Crippen molar-refractivity contribution in [3.8, 4) is 11.5 Å². The molecule has 1 aliphatic heterocycles. The largest absolute Gasteiger partial charge is 0.481 e. The van der Waals surface area contributed by atoms with Gasteiger partial charge in [-0.1, -0.05) is 36.6 Å². The number of hydrogen-bond acceptors (Lipinski definition) is 4. The molecule has 1 aliphatic rings. The summed E-state index contributed by atoms with van der Waals surface area (Å²) in [5.41, 5.74) is 2.56. The summed E-state index contributed by atoms with van der Waals surface area (Å²) in [6.07, 6.45) is -0.391. The Hall–Kier alpha value is -2.96. The first-order chi connectivity index (χ1) is 12.5. The van der Waals surface area contributed by atoms with Gasteiger partial charge in [0.1, 0.15) is 25.4 Å². The second-order valence-electron chi connectivity index (χ2n) is 6.01. The van der Waals surface area contributed by atoms with E-state index < -0.39 is 5.97 Å². The molecule has 1 heterocycles. The van der Waals surface area contributed by atoms with E-state index in [9.17, 15) is 9.59 Å². The highest BCUT2D eigenvalue weighted by Crippen LogP contribution is 2.27. The normalized spacial score (nSPS) is 13.4. The van der Waals surface area contributed by atoms with Crippen LogP contribution in [-0.2, 0) is 22.5 Å². The minimum atomic E-state index is -0.891. The fourth-order valence-corrected chi connectivity index (χ4v) is 2.80. The molecule has 1 fully saturated rings. The minimum Gasteiger partial charge on any atom is -0.481 e. The van der Waals surface area contributed by atoms with E-state index in [1.54, 1.807) is 29.2 Å². The van der Waals surface area contributed by atoms with Crippen LogP contribution in [0.5, 0.6) is 11.5 Å². The van der Waals surface area contributed by atoms with Gasteiger partial charge in [-0.2, -0.15) is 0 Å². The molecule has 3 rings (SSSR count). The number of carboxylic acids is 1. The number of carbonyl (C=O) groups excluding carboxylic acids is 1. The molecule has 7 heteroatoms. The fraction of sp³-hybridized carbons (Fsp3) is 0.263. The first-order valence-electron chi connectivity index (χ1n) is 8.38. The smallest absolute Gasteiger partial charge is 0.410 e. The van der Waals surface area contributed by atoms with Gasteiger partial charge < -0.3 is 19.5 Å². The second kappa shape index (κ2) is 7.95. The van der Waals surface area contributed by atoms with Crippen LogP contribution in [0.25, 0.3) is 0 Å². The summed E-state index contributed by atoms with van der Waals surface area (Å²) in [5, 5.41) is 8.94. The first kappa shape index (κ1) is 17.9. The summed E-state index contributed by atoms with van der Waals surface area (Å²) in [6, 6.07) is 12.8. The monoisotopic (exact) mass is 352 g/mol. The number of amides is 1. The summed E-state index contributed by atoms with van der Waals surface area (Å²) < 4.78 is 11.0. The molecule has 1 N–H and O–H groups in total. The Morgan fingerprint density at radius 2 is 2.15 bits per heavy atom. The first-order valence-corrected chi connectivity index (χ1v) is 8.38. The third-order valence-electron chi connectivity index (χ3n) is 4.11. The molecule has 0 aromatic heterocycles. The molecule has 0 spiro atoms. The van der Waals surface area contributed by atoms with E-state index in [1.165, 1.54) is 0 Å². The van der Waals surface area contributed by atoms with Crippen LogP contribution in [0.2, 0.25) is 6.82 Å². The van der Waals surface area contributed by atoms with E-state index in [0.717, 1.165) is 11.0 Å². The molecule has 0 aliphatic carbocycles. The van der Waals surface area contributed by atoms with Crippen molar-refractivity contribution in [1.29, 1.82) is 0 Å². The Balaban J connectivity index is 1.84. The predicted octanol–water partition coefficient (Wildman–Crippen LogP) is 2.44. The highest BCUT2D eigenvalue weighted by molar-refractivity contribution is 6.51. The molecule has 133 valence electrons. The van der Waals surface area contributed by atoms with Crippen molar-refractivity contribution < 1.29 is 24.2 Å². The van der Waals surface area contributed by atoms with E-state index >= 15 is 0 Å². The molecule has 0 atom stereocenters.